The summed E-state index contributed by atoms with van der Waals surface area (Å²) >= 11 is 5.75. The van der Waals surface area contributed by atoms with Crippen LogP contribution in [0.25, 0.3) is 0 Å². The van der Waals surface area contributed by atoms with Gasteiger partial charge in [-0.05, 0) is 24.5 Å². The lowest BCUT2D eigenvalue weighted by molar-refractivity contribution is 0.186. The molecule has 1 unspecified atom stereocenters. The molecule has 0 aliphatic carbocycles. The summed E-state index contributed by atoms with van der Waals surface area (Å²) in [6.45, 7) is 1.66. The van der Waals surface area contributed by atoms with E-state index in [1.165, 1.54) is 12.3 Å². The Morgan fingerprint density at radius 2 is 2.41 bits per heavy atom. The van der Waals surface area contributed by atoms with E-state index >= 15 is 0 Å². The van der Waals surface area contributed by atoms with E-state index in [0.29, 0.717) is 19.8 Å². The van der Waals surface area contributed by atoms with Crippen LogP contribution >= 0.6 is 11.6 Å². The number of halogens is 1. The standard InChI is InChI=1S/C10H13ClN2O3S/c11-10-9(2-1-4-12-10)17(14,15)13-6-8-3-5-16-7-8/h1-2,4,8,13H,3,5-7H2. The van der Waals surface area contributed by atoms with Crippen molar-refractivity contribution in [3.63, 3.8) is 0 Å². The summed E-state index contributed by atoms with van der Waals surface area (Å²) in [7, 11) is -3.58. The second-order valence-electron chi connectivity index (χ2n) is 3.87. The van der Waals surface area contributed by atoms with Gasteiger partial charge in [0.05, 0.1) is 6.61 Å². The highest BCUT2D eigenvalue weighted by Crippen LogP contribution is 2.18. The molecule has 0 amide bonds. The molecule has 0 aromatic carbocycles. The van der Waals surface area contributed by atoms with Crippen LogP contribution in [0.15, 0.2) is 23.2 Å². The van der Waals surface area contributed by atoms with Gasteiger partial charge in [-0.3, -0.25) is 0 Å². The molecule has 1 fully saturated rings. The van der Waals surface area contributed by atoms with Crippen LogP contribution in [0, 0.1) is 5.92 Å². The van der Waals surface area contributed by atoms with Crippen molar-refractivity contribution in [3.8, 4) is 0 Å². The monoisotopic (exact) mass is 276 g/mol. The molecule has 1 aromatic rings. The molecule has 7 heteroatoms. The third-order valence-corrected chi connectivity index (χ3v) is 4.47. The third kappa shape index (κ3) is 3.16. The van der Waals surface area contributed by atoms with Gasteiger partial charge in [0.25, 0.3) is 0 Å². The Morgan fingerprint density at radius 1 is 1.59 bits per heavy atom. The van der Waals surface area contributed by atoms with E-state index in [1.54, 1.807) is 6.07 Å². The highest BCUT2D eigenvalue weighted by Gasteiger charge is 2.22. The number of ether oxygens (including phenoxy) is 1. The van der Waals surface area contributed by atoms with Crippen LogP contribution in [0.1, 0.15) is 6.42 Å². The first-order valence-corrected chi connectivity index (χ1v) is 7.13. The van der Waals surface area contributed by atoms with Crippen molar-refractivity contribution in [2.45, 2.75) is 11.3 Å². The Hall–Kier alpha value is -0.690. The zero-order valence-electron chi connectivity index (χ0n) is 9.10. The molecule has 0 saturated carbocycles. The molecule has 0 spiro atoms. The van der Waals surface area contributed by atoms with Crippen LogP contribution < -0.4 is 4.72 Å². The average Bonchev–Trinajstić information content (AvgIpc) is 2.80. The van der Waals surface area contributed by atoms with Gasteiger partial charge in [-0.2, -0.15) is 0 Å². The van der Waals surface area contributed by atoms with Crippen molar-refractivity contribution in [2.24, 2.45) is 5.92 Å². The Bertz CT molecular complexity index is 486. The largest absolute Gasteiger partial charge is 0.381 e. The molecule has 0 radical (unpaired) electrons. The first-order valence-electron chi connectivity index (χ1n) is 5.27. The summed E-state index contributed by atoms with van der Waals surface area (Å²) in [5.41, 5.74) is 0. The molecule has 1 aliphatic heterocycles. The number of sulfonamides is 1. The minimum Gasteiger partial charge on any atom is -0.381 e. The van der Waals surface area contributed by atoms with E-state index < -0.39 is 10.0 Å². The van der Waals surface area contributed by atoms with Gasteiger partial charge in [-0.1, -0.05) is 11.6 Å². The van der Waals surface area contributed by atoms with Gasteiger partial charge in [-0.25, -0.2) is 18.1 Å². The Balaban J connectivity index is 2.06. The van der Waals surface area contributed by atoms with Crippen molar-refractivity contribution in [1.82, 2.24) is 9.71 Å². The smallest absolute Gasteiger partial charge is 0.243 e. The fourth-order valence-electron chi connectivity index (χ4n) is 1.62. The first kappa shape index (κ1) is 12.8. The first-order chi connectivity index (χ1) is 8.09. The van der Waals surface area contributed by atoms with Crippen molar-refractivity contribution in [1.29, 1.82) is 0 Å². The number of pyridine rings is 1. The van der Waals surface area contributed by atoms with Crippen molar-refractivity contribution in [3.05, 3.63) is 23.5 Å². The van der Waals surface area contributed by atoms with E-state index in [0.717, 1.165) is 6.42 Å². The minimum absolute atomic E-state index is 0.0114. The molecule has 1 N–H and O–H groups in total. The van der Waals surface area contributed by atoms with Gasteiger partial charge in [0, 0.05) is 19.3 Å². The average molecular weight is 277 g/mol. The Kier molecular flexibility index (Phi) is 3.98. The SMILES string of the molecule is O=S(=O)(NCC1CCOC1)c1cccnc1Cl. The number of hydrogen-bond donors (Lipinski definition) is 1. The predicted molar refractivity (Wildman–Crippen MR) is 63.4 cm³/mol. The number of aromatic nitrogens is 1. The number of nitrogens with zero attached hydrogens (tertiary/aromatic N) is 1. The van der Waals surface area contributed by atoms with E-state index in [4.69, 9.17) is 16.3 Å². The molecule has 1 saturated heterocycles. The molecular formula is C10H13ClN2O3S. The normalized spacial score (nSPS) is 20.6. The summed E-state index contributed by atoms with van der Waals surface area (Å²) in [4.78, 5) is 3.76. The molecular weight excluding hydrogens is 264 g/mol. The van der Waals surface area contributed by atoms with E-state index in [9.17, 15) is 8.42 Å². The van der Waals surface area contributed by atoms with Gasteiger partial charge in [-0.15, -0.1) is 0 Å². The molecule has 0 bridgehead atoms. The fraction of sp³-hybridized carbons (Fsp3) is 0.500. The highest BCUT2D eigenvalue weighted by atomic mass is 35.5. The molecule has 94 valence electrons. The van der Waals surface area contributed by atoms with Gasteiger partial charge in [0.2, 0.25) is 10.0 Å². The van der Waals surface area contributed by atoms with Crippen LogP contribution in [-0.4, -0.2) is 33.2 Å². The van der Waals surface area contributed by atoms with Crippen LogP contribution in [0.2, 0.25) is 5.15 Å². The van der Waals surface area contributed by atoms with E-state index in [2.05, 4.69) is 9.71 Å². The fourth-order valence-corrected chi connectivity index (χ4v) is 3.19. The minimum atomic E-state index is -3.58. The maximum atomic E-state index is 11.9. The Morgan fingerprint density at radius 3 is 3.06 bits per heavy atom. The zero-order chi connectivity index (χ0) is 12.3. The van der Waals surface area contributed by atoms with E-state index in [1.807, 2.05) is 0 Å². The molecule has 2 heterocycles. The van der Waals surface area contributed by atoms with Crippen LogP contribution in [0.5, 0.6) is 0 Å². The molecule has 1 atom stereocenters. The lowest BCUT2D eigenvalue weighted by Crippen LogP contribution is -2.29. The lowest BCUT2D eigenvalue weighted by Gasteiger charge is -2.10. The maximum absolute atomic E-state index is 11.9. The van der Waals surface area contributed by atoms with Crippen molar-refractivity contribution in [2.75, 3.05) is 19.8 Å². The van der Waals surface area contributed by atoms with Crippen molar-refractivity contribution >= 4 is 21.6 Å². The molecule has 5 nitrogen and oxygen atoms in total. The summed E-state index contributed by atoms with van der Waals surface area (Å²) in [6, 6.07) is 2.97. The second-order valence-corrected chi connectivity index (χ2v) is 5.97. The summed E-state index contributed by atoms with van der Waals surface area (Å²) in [5, 5.41) is -0.0114. The quantitative estimate of drug-likeness (QED) is 0.835. The zero-order valence-corrected chi connectivity index (χ0v) is 10.7. The van der Waals surface area contributed by atoms with Crippen LogP contribution in [0.3, 0.4) is 0 Å². The molecule has 2 rings (SSSR count). The van der Waals surface area contributed by atoms with Gasteiger partial charge >= 0.3 is 0 Å². The molecule has 1 aliphatic rings. The van der Waals surface area contributed by atoms with E-state index in [-0.39, 0.29) is 16.0 Å². The second kappa shape index (κ2) is 5.30. The summed E-state index contributed by atoms with van der Waals surface area (Å²) < 4.78 is 31.6. The lowest BCUT2D eigenvalue weighted by atomic mass is 10.1. The number of rotatable bonds is 4. The van der Waals surface area contributed by atoms with Gasteiger partial charge in [0.1, 0.15) is 10.0 Å². The van der Waals surface area contributed by atoms with Gasteiger partial charge < -0.3 is 4.74 Å². The Labute approximate surface area is 105 Å². The number of hydrogen-bond acceptors (Lipinski definition) is 4. The van der Waals surface area contributed by atoms with Crippen molar-refractivity contribution < 1.29 is 13.2 Å². The number of nitrogens with one attached hydrogen (secondary N) is 1. The third-order valence-electron chi connectivity index (χ3n) is 2.60. The highest BCUT2D eigenvalue weighted by molar-refractivity contribution is 7.89. The molecule has 17 heavy (non-hydrogen) atoms. The molecule has 1 aromatic heterocycles. The maximum Gasteiger partial charge on any atom is 0.243 e. The van der Waals surface area contributed by atoms with Gasteiger partial charge in [0.15, 0.2) is 0 Å². The van der Waals surface area contributed by atoms with Crippen LogP contribution in [0.4, 0.5) is 0 Å². The topological polar surface area (TPSA) is 68.3 Å². The summed E-state index contributed by atoms with van der Waals surface area (Å²) in [6.07, 6.45) is 2.33. The summed E-state index contributed by atoms with van der Waals surface area (Å²) in [5.74, 6) is 0.236. The predicted octanol–water partition coefficient (Wildman–Crippen LogP) is 1.05. The van der Waals surface area contributed by atoms with Crippen LogP contribution in [-0.2, 0) is 14.8 Å².